The normalized spacial score (nSPS) is 16.1. The number of aliphatic hydroxyl groups is 1. The van der Waals surface area contributed by atoms with Crippen molar-refractivity contribution in [2.75, 3.05) is 45.9 Å². The zero-order valence-electron chi connectivity index (χ0n) is 19.0. The summed E-state index contributed by atoms with van der Waals surface area (Å²) in [5.41, 5.74) is 2.12. The number of aromatic amines is 1. The fraction of sp³-hybridized carbons (Fsp3) is 0.417. The first-order valence-electron chi connectivity index (χ1n) is 11.5. The molecule has 8 nitrogen and oxygen atoms in total. The van der Waals surface area contributed by atoms with Gasteiger partial charge in [0.2, 0.25) is 10.0 Å². The van der Waals surface area contributed by atoms with Crippen LogP contribution >= 0.6 is 11.6 Å². The number of rotatable bonds is 11. The van der Waals surface area contributed by atoms with E-state index in [1.165, 1.54) is 12.1 Å². The molecule has 0 aliphatic carbocycles. The van der Waals surface area contributed by atoms with Crippen LogP contribution in [0.4, 0.5) is 0 Å². The van der Waals surface area contributed by atoms with Crippen molar-refractivity contribution < 1.29 is 18.3 Å². The average molecular weight is 507 g/mol. The van der Waals surface area contributed by atoms with E-state index in [0.717, 1.165) is 49.1 Å². The molecular weight excluding hydrogens is 476 g/mol. The maximum absolute atomic E-state index is 12.6. The van der Waals surface area contributed by atoms with E-state index in [1.54, 1.807) is 12.1 Å². The summed E-state index contributed by atoms with van der Waals surface area (Å²) in [6.07, 6.45) is 2.72. The minimum absolute atomic E-state index is 0.160. The number of piperazine rings is 1. The number of aryl methyl sites for hydroxylation is 1. The number of benzene rings is 2. The number of β-amino-alcohol motifs (C(OH)–C–C–N with tert-alkyl or cyclic N) is 1. The maximum atomic E-state index is 12.6. The van der Waals surface area contributed by atoms with Crippen LogP contribution in [0.2, 0.25) is 5.02 Å². The SMILES string of the molecule is O=S(=O)(NCCCc1c[nH]c2ccc(Cl)cc12)c1ccc(OCC(O)CN2CCNCC2)cc1. The highest BCUT2D eigenvalue weighted by molar-refractivity contribution is 7.89. The maximum Gasteiger partial charge on any atom is 0.240 e. The molecule has 2 aromatic carbocycles. The van der Waals surface area contributed by atoms with Gasteiger partial charge in [-0.15, -0.1) is 0 Å². The van der Waals surface area contributed by atoms with Crippen LogP contribution in [0.25, 0.3) is 10.9 Å². The fourth-order valence-corrected chi connectivity index (χ4v) is 5.32. The third-order valence-corrected chi connectivity index (χ3v) is 7.61. The van der Waals surface area contributed by atoms with E-state index in [4.69, 9.17) is 16.3 Å². The van der Waals surface area contributed by atoms with Crippen LogP contribution < -0.4 is 14.8 Å². The molecule has 1 aliphatic rings. The lowest BCUT2D eigenvalue weighted by Crippen LogP contribution is -2.47. The summed E-state index contributed by atoms with van der Waals surface area (Å²) in [4.78, 5) is 5.59. The van der Waals surface area contributed by atoms with Gasteiger partial charge in [-0.25, -0.2) is 13.1 Å². The first-order valence-corrected chi connectivity index (χ1v) is 13.4. The van der Waals surface area contributed by atoms with Gasteiger partial charge in [0.25, 0.3) is 0 Å². The quantitative estimate of drug-likeness (QED) is 0.297. The number of ether oxygens (including phenoxy) is 1. The van der Waals surface area contributed by atoms with Crippen molar-refractivity contribution in [1.29, 1.82) is 0 Å². The van der Waals surface area contributed by atoms with Gasteiger partial charge in [-0.2, -0.15) is 0 Å². The molecule has 0 spiro atoms. The second-order valence-electron chi connectivity index (χ2n) is 8.49. The predicted octanol–water partition coefficient (Wildman–Crippen LogP) is 2.38. The summed E-state index contributed by atoms with van der Waals surface area (Å²) in [6, 6.07) is 11.9. The summed E-state index contributed by atoms with van der Waals surface area (Å²) < 4.78 is 33.5. The Morgan fingerprint density at radius 2 is 1.91 bits per heavy atom. The lowest BCUT2D eigenvalue weighted by atomic mass is 10.1. The van der Waals surface area contributed by atoms with Gasteiger partial charge in [-0.1, -0.05) is 11.6 Å². The van der Waals surface area contributed by atoms with Gasteiger partial charge in [0, 0.05) is 61.4 Å². The van der Waals surface area contributed by atoms with Crippen molar-refractivity contribution in [2.45, 2.75) is 23.8 Å². The number of fused-ring (bicyclic) bond motifs is 1. The molecule has 1 saturated heterocycles. The molecule has 184 valence electrons. The summed E-state index contributed by atoms with van der Waals surface area (Å²) in [5.74, 6) is 0.524. The molecule has 1 fully saturated rings. The molecule has 4 N–H and O–H groups in total. The van der Waals surface area contributed by atoms with Crippen LogP contribution in [0.15, 0.2) is 53.6 Å². The largest absolute Gasteiger partial charge is 0.491 e. The monoisotopic (exact) mass is 506 g/mol. The van der Waals surface area contributed by atoms with Crippen molar-refractivity contribution in [2.24, 2.45) is 0 Å². The van der Waals surface area contributed by atoms with E-state index < -0.39 is 16.1 Å². The van der Waals surface area contributed by atoms with Gasteiger partial charge >= 0.3 is 0 Å². The topological polar surface area (TPSA) is 107 Å². The Kier molecular flexibility index (Phi) is 8.46. The summed E-state index contributed by atoms with van der Waals surface area (Å²) >= 11 is 6.09. The van der Waals surface area contributed by atoms with Crippen LogP contribution in [0, 0.1) is 0 Å². The van der Waals surface area contributed by atoms with E-state index in [2.05, 4.69) is 19.9 Å². The molecule has 1 aliphatic heterocycles. The minimum atomic E-state index is -3.61. The molecule has 4 rings (SSSR count). The Labute approximate surface area is 205 Å². The molecule has 1 atom stereocenters. The zero-order valence-corrected chi connectivity index (χ0v) is 20.5. The standard InChI is InChI=1S/C24H31ClN4O4S/c25-19-3-8-24-23(14-19)18(15-27-24)2-1-9-28-34(31,32)22-6-4-21(5-7-22)33-17-20(30)16-29-12-10-26-11-13-29/h3-8,14-15,20,26-28,30H,1-2,9-13,16-17H2. The van der Waals surface area contributed by atoms with Gasteiger partial charge in [0.15, 0.2) is 0 Å². The van der Waals surface area contributed by atoms with Crippen LogP contribution in [0.3, 0.4) is 0 Å². The lowest BCUT2D eigenvalue weighted by Gasteiger charge is -2.29. The molecule has 0 bridgehead atoms. The van der Waals surface area contributed by atoms with Crippen LogP contribution in [-0.4, -0.2) is 75.4 Å². The second kappa shape index (κ2) is 11.5. The molecule has 0 amide bonds. The third kappa shape index (κ3) is 6.71. The Balaban J connectivity index is 1.22. The Bertz CT molecular complexity index is 1180. The van der Waals surface area contributed by atoms with E-state index in [-0.39, 0.29) is 11.5 Å². The van der Waals surface area contributed by atoms with Crippen LogP contribution in [0.1, 0.15) is 12.0 Å². The fourth-order valence-electron chi connectivity index (χ4n) is 4.08. The number of nitrogens with one attached hydrogen (secondary N) is 3. The highest BCUT2D eigenvalue weighted by Crippen LogP contribution is 2.23. The van der Waals surface area contributed by atoms with Gasteiger partial charge in [0.05, 0.1) is 4.90 Å². The lowest BCUT2D eigenvalue weighted by molar-refractivity contribution is 0.0641. The highest BCUT2D eigenvalue weighted by atomic mass is 35.5. The zero-order chi connectivity index (χ0) is 24.0. The molecule has 1 aromatic heterocycles. The van der Waals surface area contributed by atoms with E-state index in [0.29, 0.717) is 30.3 Å². The molecule has 10 heteroatoms. The molecule has 1 unspecified atom stereocenters. The molecule has 2 heterocycles. The number of H-pyrrole nitrogens is 1. The molecular formula is C24H31ClN4O4S. The smallest absolute Gasteiger partial charge is 0.240 e. The number of hydrogen-bond acceptors (Lipinski definition) is 6. The molecule has 0 saturated carbocycles. The van der Waals surface area contributed by atoms with Crippen molar-refractivity contribution in [1.82, 2.24) is 19.9 Å². The highest BCUT2D eigenvalue weighted by Gasteiger charge is 2.16. The summed E-state index contributed by atoms with van der Waals surface area (Å²) in [5, 5.41) is 15.2. The number of aliphatic hydroxyl groups excluding tert-OH is 1. The number of nitrogens with zero attached hydrogens (tertiary/aromatic N) is 1. The summed E-state index contributed by atoms with van der Waals surface area (Å²) in [6.45, 7) is 4.72. The molecule has 0 radical (unpaired) electrons. The van der Waals surface area contributed by atoms with Crippen LogP contribution in [-0.2, 0) is 16.4 Å². The Hall–Kier alpha value is -2.14. The van der Waals surface area contributed by atoms with Crippen molar-refractivity contribution in [3.63, 3.8) is 0 Å². The van der Waals surface area contributed by atoms with Gasteiger partial charge in [-0.05, 0) is 60.9 Å². The van der Waals surface area contributed by atoms with E-state index in [1.807, 2.05) is 24.4 Å². The Morgan fingerprint density at radius 1 is 1.15 bits per heavy atom. The van der Waals surface area contributed by atoms with Crippen LogP contribution in [0.5, 0.6) is 5.75 Å². The van der Waals surface area contributed by atoms with Gasteiger partial charge in [-0.3, -0.25) is 4.90 Å². The van der Waals surface area contributed by atoms with Crippen molar-refractivity contribution in [3.05, 3.63) is 59.2 Å². The number of halogens is 1. The van der Waals surface area contributed by atoms with E-state index >= 15 is 0 Å². The number of hydrogen-bond donors (Lipinski definition) is 4. The first kappa shape index (κ1) is 25.0. The number of sulfonamides is 1. The minimum Gasteiger partial charge on any atom is -0.491 e. The van der Waals surface area contributed by atoms with Crippen molar-refractivity contribution >= 4 is 32.5 Å². The molecule has 3 aromatic rings. The van der Waals surface area contributed by atoms with Gasteiger partial charge < -0.3 is 20.1 Å². The Morgan fingerprint density at radius 3 is 2.68 bits per heavy atom. The van der Waals surface area contributed by atoms with Gasteiger partial charge in [0.1, 0.15) is 18.5 Å². The van der Waals surface area contributed by atoms with Crippen molar-refractivity contribution in [3.8, 4) is 5.75 Å². The first-order chi connectivity index (χ1) is 16.4. The third-order valence-electron chi connectivity index (χ3n) is 5.90. The predicted molar refractivity (Wildman–Crippen MR) is 134 cm³/mol. The van der Waals surface area contributed by atoms with E-state index in [9.17, 15) is 13.5 Å². The molecule has 34 heavy (non-hydrogen) atoms. The number of aromatic nitrogens is 1. The second-order valence-corrected chi connectivity index (χ2v) is 10.7. The average Bonchev–Trinajstić information content (AvgIpc) is 3.23. The summed E-state index contributed by atoms with van der Waals surface area (Å²) in [7, 11) is -3.61.